The molecule has 0 saturated carbocycles. The average molecular weight is 488 g/mol. The van der Waals surface area contributed by atoms with Gasteiger partial charge in [0.15, 0.2) is 5.78 Å². The van der Waals surface area contributed by atoms with Crippen LogP contribution in [0.25, 0.3) is 11.1 Å². The van der Waals surface area contributed by atoms with Gasteiger partial charge in [0.05, 0.1) is 5.56 Å². The van der Waals surface area contributed by atoms with Crippen molar-refractivity contribution in [1.29, 1.82) is 0 Å². The van der Waals surface area contributed by atoms with E-state index in [1.165, 1.54) is 24.1 Å². The molecule has 4 nitrogen and oxygen atoms in total. The number of ketones is 1. The molecule has 2 bridgehead atoms. The molecule has 2 fully saturated rings. The van der Waals surface area contributed by atoms with E-state index < -0.39 is 11.6 Å². The Balaban J connectivity index is 1.15. The van der Waals surface area contributed by atoms with Gasteiger partial charge in [-0.3, -0.25) is 4.79 Å². The second-order valence-electron chi connectivity index (χ2n) is 10.2. The lowest BCUT2D eigenvalue weighted by Crippen LogP contribution is -2.48. The van der Waals surface area contributed by atoms with Gasteiger partial charge < -0.3 is 9.64 Å². The molecular formula is C30H27F2NO3. The fraction of sp³-hybridized carbons (Fsp3) is 0.333. The van der Waals surface area contributed by atoms with Crippen molar-refractivity contribution in [3.8, 4) is 11.1 Å². The number of rotatable bonds is 4. The van der Waals surface area contributed by atoms with Crippen LogP contribution in [0.1, 0.15) is 58.6 Å². The van der Waals surface area contributed by atoms with Crippen LogP contribution in [0.3, 0.4) is 0 Å². The number of hydrogen-bond donors (Lipinski definition) is 0. The molecule has 0 radical (unpaired) electrons. The van der Waals surface area contributed by atoms with Gasteiger partial charge in [0.1, 0.15) is 18.2 Å². The van der Waals surface area contributed by atoms with E-state index in [0.717, 1.165) is 30.0 Å². The summed E-state index contributed by atoms with van der Waals surface area (Å²) in [4.78, 5) is 28.1. The van der Waals surface area contributed by atoms with Crippen molar-refractivity contribution in [2.75, 3.05) is 6.61 Å². The van der Waals surface area contributed by atoms with Gasteiger partial charge in [0.2, 0.25) is 0 Å². The van der Waals surface area contributed by atoms with Crippen LogP contribution in [0.4, 0.5) is 13.6 Å². The molecule has 1 amide bonds. The van der Waals surface area contributed by atoms with E-state index in [1.807, 2.05) is 24.3 Å². The fourth-order valence-electron chi connectivity index (χ4n) is 6.42. The van der Waals surface area contributed by atoms with E-state index in [9.17, 15) is 18.4 Å². The second-order valence-corrected chi connectivity index (χ2v) is 10.2. The van der Waals surface area contributed by atoms with E-state index in [2.05, 4.69) is 24.3 Å². The number of fused-ring (bicyclic) bond motifs is 5. The van der Waals surface area contributed by atoms with Crippen molar-refractivity contribution >= 4 is 11.9 Å². The lowest BCUT2D eigenvalue weighted by Gasteiger charge is -2.37. The highest BCUT2D eigenvalue weighted by Crippen LogP contribution is 2.45. The number of amides is 1. The van der Waals surface area contributed by atoms with Gasteiger partial charge in [0, 0.05) is 30.0 Å². The van der Waals surface area contributed by atoms with Crippen molar-refractivity contribution in [3.63, 3.8) is 0 Å². The smallest absolute Gasteiger partial charge is 0.410 e. The second kappa shape index (κ2) is 8.84. The zero-order chi connectivity index (χ0) is 25.0. The highest BCUT2D eigenvalue weighted by Gasteiger charge is 2.46. The van der Waals surface area contributed by atoms with Gasteiger partial charge in [-0.05, 0) is 66.5 Å². The molecule has 0 spiro atoms. The Morgan fingerprint density at radius 3 is 2.08 bits per heavy atom. The number of nitrogens with zero attached hydrogens (tertiary/aromatic N) is 1. The largest absolute Gasteiger partial charge is 0.448 e. The highest BCUT2D eigenvalue weighted by molar-refractivity contribution is 5.98. The molecule has 2 atom stereocenters. The molecule has 2 saturated heterocycles. The molecule has 0 aromatic heterocycles. The first-order valence-electron chi connectivity index (χ1n) is 12.6. The minimum atomic E-state index is -0.825. The third-order valence-electron chi connectivity index (χ3n) is 8.16. The summed E-state index contributed by atoms with van der Waals surface area (Å²) < 4.78 is 33.9. The number of piperidine rings is 1. The minimum absolute atomic E-state index is 0.0113. The molecule has 0 N–H and O–H groups in total. The van der Waals surface area contributed by atoms with E-state index in [4.69, 9.17) is 4.74 Å². The Labute approximate surface area is 208 Å². The minimum Gasteiger partial charge on any atom is -0.448 e. The summed E-state index contributed by atoms with van der Waals surface area (Å²) in [6.45, 7) is 1.78. The van der Waals surface area contributed by atoms with Crippen LogP contribution in [0.5, 0.6) is 0 Å². The van der Waals surface area contributed by atoms with Crippen molar-refractivity contribution in [2.24, 2.45) is 5.92 Å². The van der Waals surface area contributed by atoms with E-state index in [-0.39, 0.29) is 53.5 Å². The third-order valence-corrected chi connectivity index (χ3v) is 8.16. The normalized spacial score (nSPS) is 22.3. The Kier molecular flexibility index (Phi) is 5.62. The molecule has 2 unspecified atom stereocenters. The summed E-state index contributed by atoms with van der Waals surface area (Å²) in [7, 11) is 0. The molecule has 184 valence electrons. The van der Waals surface area contributed by atoms with Crippen molar-refractivity contribution in [2.45, 2.75) is 50.6 Å². The fourth-order valence-corrected chi connectivity index (χ4v) is 6.42. The summed E-state index contributed by atoms with van der Waals surface area (Å²) in [5.41, 5.74) is 4.87. The summed E-state index contributed by atoms with van der Waals surface area (Å²) in [5, 5.41) is 0. The van der Waals surface area contributed by atoms with Gasteiger partial charge in [0.25, 0.3) is 0 Å². The molecule has 3 aliphatic rings. The van der Waals surface area contributed by atoms with E-state index in [1.54, 1.807) is 4.90 Å². The number of halogens is 2. The quantitative estimate of drug-likeness (QED) is 0.387. The highest BCUT2D eigenvalue weighted by atomic mass is 19.1. The Hall–Kier alpha value is -3.54. The van der Waals surface area contributed by atoms with Crippen LogP contribution in [0.2, 0.25) is 0 Å². The molecule has 6 rings (SSSR count). The van der Waals surface area contributed by atoms with E-state index in [0.29, 0.717) is 12.8 Å². The standard InChI is InChI=1S/C30H27F2NO3/c1-17-12-25(28(32)15-27(17)31)29(34)18-13-19-10-11-20(14-18)33(19)30(35)36-16-26-23-8-4-2-6-21(23)22-7-3-5-9-24(22)26/h2-9,12,15,18-20,26H,10-11,13-14,16H2,1H3. The summed E-state index contributed by atoms with van der Waals surface area (Å²) >= 11 is 0. The van der Waals surface area contributed by atoms with Gasteiger partial charge in [-0.25, -0.2) is 13.6 Å². The maximum Gasteiger partial charge on any atom is 0.410 e. The number of aryl methyl sites for hydroxylation is 1. The summed E-state index contributed by atoms with van der Waals surface area (Å²) in [5.74, 6) is -2.19. The van der Waals surface area contributed by atoms with E-state index >= 15 is 0 Å². The Bertz CT molecular complexity index is 1310. The molecule has 3 aromatic rings. The van der Waals surface area contributed by atoms with Crippen molar-refractivity contribution in [1.82, 2.24) is 4.90 Å². The Morgan fingerprint density at radius 2 is 1.47 bits per heavy atom. The van der Waals surface area contributed by atoms with Gasteiger partial charge in [-0.2, -0.15) is 0 Å². The zero-order valence-electron chi connectivity index (χ0n) is 20.0. The number of carbonyl (C=O) groups excluding carboxylic acids is 2. The lowest BCUT2D eigenvalue weighted by molar-refractivity contribution is 0.0504. The van der Waals surface area contributed by atoms with Crippen LogP contribution in [0.15, 0.2) is 60.7 Å². The monoisotopic (exact) mass is 487 g/mol. The first-order valence-corrected chi connectivity index (χ1v) is 12.6. The van der Waals surface area contributed by atoms with Crippen molar-refractivity contribution in [3.05, 3.63) is 94.6 Å². The molecule has 3 aromatic carbocycles. The van der Waals surface area contributed by atoms with Gasteiger partial charge in [-0.15, -0.1) is 0 Å². The number of carbonyl (C=O) groups is 2. The van der Waals surface area contributed by atoms with Crippen LogP contribution < -0.4 is 0 Å². The first kappa shape index (κ1) is 22.9. The number of Topliss-reactive ketones (excluding diaryl/α,β-unsaturated/α-hetero) is 1. The van der Waals surface area contributed by atoms with Crippen LogP contribution in [-0.4, -0.2) is 35.5 Å². The average Bonchev–Trinajstić information content (AvgIpc) is 3.35. The molecular weight excluding hydrogens is 460 g/mol. The number of hydrogen-bond acceptors (Lipinski definition) is 3. The summed E-state index contributed by atoms with van der Waals surface area (Å²) in [6.07, 6.45) is 2.18. The number of ether oxygens (including phenoxy) is 1. The third kappa shape index (κ3) is 3.71. The van der Waals surface area contributed by atoms with Crippen LogP contribution in [-0.2, 0) is 4.74 Å². The topological polar surface area (TPSA) is 46.6 Å². The predicted molar refractivity (Wildman–Crippen MR) is 132 cm³/mol. The zero-order valence-corrected chi connectivity index (χ0v) is 20.0. The van der Waals surface area contributed by atoms with Gasteiger partial charge >= 0.3 is 6.09 Å². The maximum absolute atomic E-state index is 14.4. The summed E-state index contributed by atoms with van der Waals surface area (Å²) in [6, 6.07) is 18.3. The molecule has 36 heavy (non-hydrogen) atoms. The van der Waals surface area contributed by atoms with Crippen molar-refractivity contribution < 1.29 is 23.1 Å². The van der Waals surface area contributed by atoms with Crippen LogP contribution >= 0.6 is 0 Å². The maximum atomic E-state index is 14.4. The molecule has 6 heteroatoms. The van der Waals surface area contributed by atoms with Gasteiger partial charge in [-0.1, -0.05) is 48.5 Å². The van der Waals surface area contributed by atoms with Crippen LogP contribution in [0, 0.1) is 24.5 Å². The molecule has 1 aliphatic carbocycles. The molecule has 2 aliphatic heterocycles. The predicted octanol–water partition coefficient (Wildman–Crippen LogP) is 6.65. The SMILES string of the molecule is Cc1cc(C(=O)C2CC3CCC(C2)N3C(=O)OCC2c3ccccc3-c3ccccc32)c(F)cc1F. The first-order chi connectivity index (χ1) is 17.4. The molecule has 2 heterocycles. The lowest BCUT2D eigenvalue weighted by atomic mass is 9.84. The Morgan fingerprint density at radius 1 is 0.889 bits per heavy atom. The number of benzene rings is 3.